The largest absolute Gasteiger partial charge is 0.433 e. The summed E-state index contributed by atoms with van der Waals surface area (Å²) in [7, 11) is 1.66. The molecule has 132 valence electrons. The number of rotatable bonds is 3. The molecule has 0 aliphatic carbocycles. The van der Waals surface area contributed by atoms with Gasteiger partial charge in [0.25, 0.3) is 0 Å². The summed E-state index contributed by atoms with van der Waals surface area (Å²) in [6.07, 6.45) is -5.16. The van der Waals surface area contributed by atoms with Crippen molar-refractivity contribution in [3.8, 4) is 0 Å². The summed E-state index contributed by atoms with van der Waals surface area (Å²) in [6, 6.07) is 3.41. The van der Waals surface area contributed by atoms with Crippen LogP contribution in [0.2, 0.25) is 0 Å². The maximum atomic E-state index is 13.0. The predicted octanol–water partition coefficient (Wildman–Crippen LogP) is 0.305. The molecule has 1 aliphatic heterocycles. The van der Waals surface area contributed by atoms with Crippen molar-refractivity contribution >= 4 is 11.5 Å². The van der Waals surface area contributed by atoms with Gasteiger partial charge in [-0.15, -0.1) is 0 Å². The summed E-state index contributed by atoms with van der Waals surface area (Å²) in [5.74, 6) is -0.0426. The van der Waals surface area contributed by atoms with E-state index in [9.17, 15) is 23.4 Å². The van der Waals surface area contributed by atoms with E-state index in [0.29, 0.717) is 5.52 Å². The second-order valence-corrected chi connectivity index (χ2v) is 5.70. The standard InChI is InChI=1S/C14H18F3N5O2/c1-18-21-6-9(12(24)10(23)7-21)19-13-20-11(14(15,16)17)5-8-3-2-4-22(8)13/h2-5,9-10,12,18,23-24H,6-7H2,1H3,(H,19,20)/t9?,10-,12?/m0/s1. The van der Waals surface area contributed by atoms with Gasteiger partial charge in [0.05, 0.1) is 17.7 Å². The van der Waals surface area contributed by atoms with Crippen LogP contribution in [-0.2, 0) is 6.18 Å². The van der Waals surface area contributed by atoms with Crippen molar-refractivity contribution in [3.63, 3.8) is 0 Å². The van der Waals surface area contributed by atoms with Crippen molar-refractivity contribution in [1.82, 2.24) is 19.8 Å². The number of halogens is 3. The van der Waals surface area contributed by atoms with Crippen molar-refractivity contribution in [1.29, 1.82) is 0 Å². The Morgan fingerprint density at radius 1 is 1.29 bits per heavy atom. The van der Waals surface area contributed by atoms with Crippen LogP contribution in [-0.4, -0.2) is 63.0 Å². The molecule has 3 atom stereocenters. The molecule has 10 heteroatoms. The molecule has 1 saturated heterocycles. The number of nitrogens with one attached hydrogen (secondary N) is 2. The molecule has 2 unspecified atom stereocenters. The third kappa shape index (κ3) is 3.18. The Hall–Kier alpha value is -1.88. The van der Waals surface area contributed by atoms with E-state index in [0.717, 1.165) is 6.07 Å². The van der Waals surface area contributed by atoms with Crippen molar-refractivity contribution in [2.75, 3.05) is 25.5 Å². The van der Waals surface area contributed by atoms with Gasteiger partial charge in [0.1, 0.15) is 11.8 Å². The lowest BCUT2D eigenvalue weighted by atomic mass is 10.0. The fourth-order valence-electron chi connectivity index (χ4n) is 2.79. The Labute approximate surface area is 135 Å². The van der Waals surface area contributed by atoms with E-state index >= 15 is 0 Å². The number of hydrazine groups is 1. The molecular weight excluding hydrogens is 327 g/mol. The third-order valence-corrected chi connectivity index (χ3v) is 4.07. The van der Waals surface area contributed by atoms with Crippen LogP contribution in [0.25, 0.3) is 5.52 Å². The zero-order valence-corrected chi connectivity index (χ0v) is 12.8. The molecule has 0 spiro atoms. The highest BCUT2D eigenvalue weighted by Crippen LogP contribution is 2.30. The minimum Gasteiger partial charge on any atom is -0.389 e. The minimum atomic E-state index is -4.58. The average Bonchev–Trinajstić information content (AvgIpc) is 2.99. The fraction of sp³-hybridized carbons (Fsp3) is 0.500. The first kappa shape index (κ1) is 17.0. The highest BCUT2D eigenvalue weighted by molar-refractivity contribution is 5.54. The molecule has 0 saturated carbocycles. The average molecular weight is 345 g/mol. The molecular formula is C14H18F3N5O2. The second kappa shape index (κ2) is 6.20. The van der Waals surface area contributed by atoms with Crippen LogP contribution in [0.3, 0.4) is 0 Å². The van der Waals surface area contributed by atoms with Gasteiger partial charge in [-0.05, 0) is 25.2 Å². The number of β-amino-alcohol motifs (C(OH)–C–C–N with tert-alkyl or cyclic N) is 1. The highest BCUT2D eigenvalue weighted by atomic mass is 19.4. The van der Waals surface area contributed by atoms with E-state index in [4.69, 9.17) is 0 Å². The van der Waals surface area contributed by atoms with Crippen molar-refractivity contribution in [2.45, 2.75) is 24.4 Å². The quantitative estimate of drug-likeness (QED) is 0.641. The smallest absolute Gasteiger partial charge is 0.389 e. The molecule has 7 nitrogen and oxygen atoms in total. The van der Waals surface area contributed by atoms with Gasteiger partial charge in [0, 0.05) is 19.3 Å². The summed E-state index contributed by atoms with van der Waals surface area (Å²) < 4.78 is 40.6. The van der Waals surface area contributed by atoms with Crippen LogP contribution in [0.4, 0.5) is 19.1 Å². The van der Waals surface area contributed by atoms with Crippen LogP contribution in [0.1, 0.15) is 5.69 Å². The third-order valence-electron chi connectivity index (χ3n) is 4.07. The van der Waals surface area contributed by atoms with Crippen LogP contribution in [0, 0.1) is 0 Å². The number of piperidine rings is 1. The molecule has 1 aliphatic rings. The van der Waals surface area contributed by atoms with E-state index in [1.54, 1.807) is 24.3 Å². The summed E-state index contributed by atoms with van der Waals surface area (Å²) in [5.41, 5.74) is 2.16. The van der Waals surface area contributed by atoms with Crippen molar-refractivity contribution in [3.05, 3.63) is 30.1 Å². The van der Waals surface area contributed by atoms with Gasteiger partial charge in [-0.1, -0.05) is 0 Å². The lowest BCUT2D eigenvalue weighted by Gasteiger charge is -2.39. The first-order chi connectivity index (χ1) is 11.3. The SMILES string of the molecule is CNN1CC(Nc2nc(C(F)(F)F)cc3cccn23)C(O)[C@@H](O)C1. The Kier molecular flexibility index (Phi) is 4.38. The number of alkyl halides is 3. The summed E-state index contributed by atoms with van der Waals surface area (Å²) in [5, 5.41) is 24.5. The van der Waals surface area contributed by atoms with Crippen LogP contribution in [0.5, 0.6) is 0 Å². The molecule has 2 aromatic rings. The Morgan fingerprint density at radius 3 is 2.71 bits per heavy atom. The van der Waals surface area contributed by atoms with E-state index in [1.165, 1.54) is 10.5 Å². The molecule has 4 N–H and O–H groups in total. The molecule has 0 radical (unpaired) electrons. The molecule has 1 fully saturated rings. The monoisotopic (exact) mass is 345 g/mol. The maximum Gasteiger partial charge on any atom is 0.433 e. The Morgan fingerprint density at radius 2 is 2.04 bits per heavy atom. The molecule has 24 heavy (non-hydrogen) atoms. The number of hydrogen-bond acceptors (Lipinski definition) is 6. The van der Waals surface area contributed by atoms with E-state index in [-0.39, 0.29) is 19.0 Å². The molecule has 3 rings (SSSR count). The summed E-state index contributed by atoms with van der Waals surface area (Å²) in [4.78, 5) is 3.64. The molecule has 0 aromatic carbocycles. The van der Waals surface area contributed by atoms with Crippen molar-refractivity contribution < 1.29 is 23.4 Å². The number of anilines is 1. The van der Waals surface area contributed by atoms with Gasteiger partial charge in [-0.3, -0.25) is 9.83 Å². The van der Waals surface area contributed by atoms with Gasteiger partial charge in [0.2, 0.25) is 5.95 Å². The van der Waals surface area contributed by atoms with Crippen LogP contribution < -0.4 is 10.7 Å². The van der Waals surface area contributed by atoms with E-state index in [1.807, 2.05) is 0 Å². The lowest BCUT2D eigenvalue weighted by Crippen LogP contribution is -2.60. The number of aliphatic hydroxyl groups excluding tert-OH is 2. The number of fused-ring (bicyclic) bond motifs is 1. The van der Waals surface area contributed by atoms with Gasteiger partial charge in [-0.2, -0.15) is 13.2 Å². The zero-order valence-electron chi connectivity index (χ0n) is 12.8. The number of nitrogens with zero attached hydrogens (tertiary/aromatic N) is 3. The summed E-state index contributed by atoms with van der Waals surface area (Å²) in [6.45, 7) is 0.500. The summed E-state index contributed by atoms with van der Waals surface area (Å²) >= 11 is 0. The van der Waals surface area contributed by atoms with Gasteiger partial charge < -0.3 is 15.5 Å². The molecule has 0 amide bonds. The van der Waals surface area contributed by atoms with E-state index in [2.05, 4.69) is 15.7 Å². The minimum absolute atomic E-state index is 0.0426. The fourth-order valence-corrected chi connectivity index (χ4v) is 2.79. The first-order valence-corrected chi connectivity index (χ1v) is 7.40. The highest BCUT2D eigenvalue weighted by Gasteiger charge is 2.37. The zero-order chi connectivity index (χ0) is 17.5. The number of aliphatic hydroxyl groups is 2. The van der Waals surface area contributed by atoms with Gasteiger partial charge in [-0.25, -0.2) is 9.99 Å². The van der Waals surface area contributed by atoms with Gasteiger partial charge in [0.15, 0.2) is 0 Å². The van der Waals surface area contributed by atoms with Crippen molar-refractivity contribution in [2.24, 2.45) is 0 Å². The Balaban J connectivity index is 1.95. The number of hydrogen-bond donors (Lipinski definition) is 4. The second-order valence-electron chi connectivity index (χ2n) is 5.70. The topological polar surface area (TPSA) is 85.1 Å². The maximum absolute atomic E-state index is 13.0. The van der Waals surface area contributed by atoms with E-state index < -0.39 is 30.1 Å². The van der Waals surface area contributed by atoms with Crippen LogP contribution >= 0.6 is 0 Å². The molecule has 2 aromatic heterocycles. The molecule has 3 heterocycles. The molecule has 0 bridgehead atoms. The first-order valence-electron chi connectivity index (χ1n) is 7.40. The Bertz CT molecular complexity index is 720. The van der Waals surface area contributed by atoms with Crippen LogP contribution in [0.15, 0.2) is 24.4 Å². The predicted molar refractivity (Wildman–Crippen MR) is 80.3 cm³/mol. The normalized spacial score (nSPS) is 26.0. The van der Waals surface area contributed by atoms with Gasteiger partial charge >= 0.3 is 6.18 Å². The number of aromatic nitrogens is 2. The lowest BCUT2D eigenvalue weighted by molar-refractivity contribution is -0.141.